The molecule has 0 aromatic heterocycles. The van der Waals surface area contributed by atoms with E-state index in [1.165, 1.54) is 96.3 Å². The topological polar surface area (TPSA) is 210 Å². The van der Waals surface area contributed by atoms with Gasteiger partial charge in [-0.15, -0.1) is 0 Å². The summed E-state index contributed by atoms with van der Waals surface area (Å²) in [4.78, 5) is 35.8. The third-order valence-electron chi connectivity index (χ3n) is 11.4. The van der Waals surface area contributed by atoms with Crippen molar-refractivity contribution in [3.05, 3.63) is 48.6 Å². The molecule has 0 radical (unpaired) electrons. The van der Waals surface area contributed by atoms with Gasteiger partial charge in [0.25, 0.3) is 0 Å². The quantitative estimate of drug-likeness (QED) is 0.0146. The zero-order valence-corrected chi connectivity index (χ0v) is 40.5. The minimum absolute atomic E-state index is 0.0595. The Morgan fingerprint density at radius 2 is 0.875 bits per heavy atom. The molecule has 0 amide bonds. The maximum atomic E-state index is 12.8. The van der Waals surface area contributed by atoms with Crippen LogP contribution in [-0.2, 0) is 32.7 Å². The van der Waals surface area contributed by atoms with Crippen molar-refractivity contribution in [1.29, 1.82) is 0 Å². The summed E-state index contributed by atoms with van der Waals surface area (Å²) in [6.45, 7) is 3.23. The highest BCUT2D eigenvalue weighted by Crippen LogP contribution is 2.47. The first kappa shape index (κ1) is 59.8. The highest BCUT2D eigenvalue weighted by Gasteiger charge is 2.51. The largest absolute Gasteiger partial charge is 0.472 e. The number of aliphatic hydroxyl groups is 5. The summed E-state index contributed by atoms with van der Waals surface area (Å²) in [6, 6.07) is 0. The van der Waals surface area contributed by atoms with Gasteiger partial charge in [0.15, 0.2) is 6.10 Å². The molecular weight excluding hydrogens is 840 g/mol. The number of allylic oxidation sites excluding steroid dienone is 8. The fraction of sp³-hybridized carbons (Fsp3) is 0.800. The molecule has 1 rings (SSSR count). The van der Waals surface area contributed by atoms with E-state index in [0.717, 1.165) is 64.2 Å². The summed E-state index contributed by atoms with van der Waals surface area (Å²) < 4.78 is 33.6. The second kappa shape index (κ2) is 39.9. The summed E-state index contributed by atoms with van der Waals surface area (Å²) >= 11 is 0. The molecule has 6 N–H and O–H groups in total. The van der Waals surface area contributed by atoms with E-state index in [4.69, 9.17) is 18.5 Å². The van der Waals surface area contributed by atoms with Gasteiger partial charge < -0.3 is 39.9 Å². The first-order chi connectivity index (χ1) is 30.9. The maximum absolute atomic E-state index is 12.8. The Morgan fingerprint density at radius 1 is 0.484 bits per heavy atom. The lowest BCUT2D eigenvalue weighted by molar-refractivity contribution is -0.220. The van der Waals surface area contributed by atoms with E-state index in [0.29, 0.717) is 12.8 Å². The molecule has 0 aromatic rings. The highest BCUT2D eigenvalue weighted by molar-refractivity contribution is 7.47. The maximum Gasteiger partial charge on any atom is 0.472 e. The molecule has 372 valence electrons. The molecule has 64 heavy (non-hydrogen) atoms. The molecule has 0 aliphatic heterocycles. The predicted molar refractivity (Wildman–Crippen MR) is 253 cm³/mol. The zero-order valence-electron chi connectivity index (χ0n) is 39.6. The van der Waals surface area contributed by atoms with Crippen LogP contribution in [0.15, 0.2) is 48.6 Å². The van der Waals surface area contributed by atoms with Crippen LogP contribution in [0.4, 0.5) is 0 Å². The number of hydrogen-bond acceptors (Lipinski definition) is 12. The number of phosphoric acid groups is 1. The Balaban J connectivity index is 2.44. The lowest BCUT2D eigenvalue weighted by atomic mass is 9.85. The van der Waals surface area contributed by atoms with Gasteiger partial charge in [-0.3, -0.25) is 18.6 Å². The predicted octanol–water partition coefficient (Wildman–Crippen LogP) is 10.3. The van der Waals surface area contributed by atoms with Gasteiger partial charge >= 0.3 is 19.8 Å². The van der Waals surface area contributed by atoms with Crippen LogP contribution in [0.5, 0.6) is 0 Å². The molecule has 0 heterocycles. The lowest BCUT2D eigenvalue weighted by Gasteiger charge is -2.41. The standard InChI is InChI=1S/C50H89O13P/c1-3-5-7-9-11-13-15-17-19-21-23-24-26-28-30-32-34-36-38-43(51)60-40-42(41-61-64(58,59)63-50-48(56)46(54)45(53)47(55)49(50)57)62-44(52)39-37-35-33-31-29-27-25-22-20-18-16-14-12-10-8-6-4-2/h8,10,14,16,20,22,27,29,42,45-50,53-57H,3-7,9,11-13,15,17-19,21,23-26,28,30-41H2,1-2H3,(H,58,59)/b10-8+,16-14+,22-20+,29-27+/t42-,45?,46-,47?,48?,49?,50?/m0/s1. The molecule has 1 aliphatic rings. The molecule has 1 fully saturated rings. The molecular formula is C50H89O13P. The number of carbonyl (C=O) groups excluding carboxylic acids is 2. The van der Waals surface area contributed by atoms with Crippen LogP contribution in [-0.4, -0.2) is 98.3 Å². The van der Waals surface area contributed by atoms with Crippen LogP contribution in [0.1, 0.15) is 200 Å². The third-order valence-corrected chi connectivity index (χ3v) is 12.4. The number of ether oxygens (including phenoxy) is 2. The van der Waals surface area contributed by atoms with Gasteiger partial charge in [-0.25, -0.2) is 4.57 Å². The second-order valence-electron chi connectivity index (χ2n) is 17.3. The smallest absolute Gasteiger partial charge is 0.462 e. The minimum atomic E-state index is -5.13. The molecule has 8 atom stereocenters. The van der Waals surface area contributed by atoms with Gasteiger partial charge in [0.1, 0.15) is 43.2 Å². The molecule has 13 nitrogen and oxygen atoms in total. The van der Waals surface area contributed by atoms with E-state index >= 15 is 0 Å². The Bertz CT molecular complexity index is 1300. The Kier molecular flexibility index (Phi) is 37.3. The fourth-order valence-corrected chi connectivity index (χ4v) is 8.37. The van der Waals surface area contributed by atoms with Crippen molar-refractivity contribution in [2.75, 3.05) is 13.2 Å². The fourth-order valence-electron chi connectivity index (χ4n) is 7.40. The Hall–Kier alpha value is -2.19. The van der Waals surface area contributed by atoms with E-state index in [9.17, 15) is 44.6 Å². The van der Waals surface area contributed by atoms with Crippen molar-refractivity contribution < 1.29 is 63.1 Å². The van der Waals surface area contributed by atoms with Crippen molar-refractivity contribution in [2.24, 2.45) is 0 Å². The van der Waals surface area contributed by atoms with Crippen LogP contribution in [0.2, 0.25) is 0 Å². The van der Waals surface area contributed by atoms with Crippen molar-refractivity contribution >= 4 is 19.8 Å². The van der Waals surface area contributed by atoms with Crippen LogP contribution >= 0.6 is 7.82 Å². The first-order valence-electron chi connectivity index (χ1n) is 24.9. The Morgan fingerprint density at radius 3 is 1.34 bits per heavy atom. The SMILES string of the molecule is CCC/C=C/C/C=C/C/C=C/C/C=C/CCCCCC(=O)O[C@@H](COC(=O)CCCCCCCCCCCCCCCCCCCC)COP(=O)(O)OC1C(O)C(O)C(O)[C@H](O)C1O. The third kappa shape index (κ3) is 31.7. The highest BCUT2D eigenvalue weighted by atomic mass is 31.2. The molecule has 14 heteroatoms. The monoisotopic (exact) mass is 929 g/mol. The Labute approximate surface area is 386 Å². The van der Waals surface area contributed by atoms with Crippen molar-refractivity contribution in [3.63, 3.8) is 0 Å². The van der Waals surface area contributed by atoms with Crippen LogP contribution < -0.4 is 0 Å². The van der Waals surface area contributed by atoms with E-state index in [2.05, 4.69) is 62.5 Å². The number of carbonyl (C=O) groups is 2. The first-order valence-corrected chi connectivity index (χ1v) is 26.4. The number of rotatable bonds is 41. The summed E-state index contributed by atoms with van der Waals surface area (Å²) in [7, 11) is -5.13. The van der Waals surface area contributed by atoms with Gasteiger partial charge in [0, 0.05) is 12.8 Å². The minimum Gasteiger partial charge on any atom is -0.462 e. The molecule has 0 aromatic carbocycles. The van der Waals surface area contributed by atoms with Gasteiger partial charge in [0.2, 0.25) is 0 Å². The van der Waals surface area contributed by atoms with Gasteiger partial charge in [-0.1, -0.05) is 184 Å². The lowest BCUT2D eigenvalue weighted by Crippen LogP contribution is -2.64. The van der Waals surface area contributed by atoms with E-state index in [1.807, 2.05) is 0 Å². The summed E-state index contributed by atoms with van der Waals surface area (Å²) in [5.74, 6) is -1.13. The van der Waals surface area contributed by atoms with Gasteiger partial charge in [-0.2, -0.15) is 0 Å². The van der Waals surface area contributed by atoms with Gasteiger partial charge in [-0.05, 0) is 51.4 Å². The molecule has 6 unspecified atom stereocenters. The molecule has 0 saturated heterocycles. The van der Waals surface area contributed by atoms with Crippen molar-refractivity contribution in [1.82, 2.24) is 0 Å². The molecule has 0 spiro atoms. The van der Waals surface area contributed by atoms with E-state index in [1.54, 1.807) is 0 Å². The van der Waals surface area contributed by atoms with Gasteiger partial charge in [0.05, 0.1) is 6.61 Å². The molecule has 0 bridgehead atoms. The van der Waals surface area contributed by atoms with Crippen molar-refractivity contribution in [2.45, 2.75) is 243 Å². The normalized spacial score (nSPS) is 21.9. The van der Waals surface area contributed by atoms with E-state index < -0.39 is 75.7 Å². The number of phosphoric ester groups is 1. The zero-order chi connectivity index (χ0) is 47.1. The van der Waals surface area contributed by atoms with Crippen LogP contribution in [0, 0.1) is 0 Å². The molecule has 1 aliphatic carbocycles. The van der Waals surface area contributed by atoms with Crippen LogP contribution in [0.3, 0.4) is 0 Å². The average molecular weight is 929 g/mol. The van der Waals surface area contributed by atoms with E-state index in [-0.39, 0.29) is 12.8 Å². The summed E-state index contributed by atoms with van der Waals surface area (Å²) in [5, 5.41) is 50.2. The van der Waals surface area contributed by atoms with Crippen LogP contribution in [0.25, 0.3) is 0 Å². The number of hydrogen-bond donors (Lipinski definition) is 6. The summed E-state index contributed by atoms with van der Waals surface area (Å²) in [6.07, 6.45) is 34.4. The number of aliphatic hydroxyl groups excluding tert-OH is 5. The second-order valence-corrected chi connectivity index (χ2v) is 18.7. The number of esters is 2. The van der Waals surface area contributed by atoms with Crippen molar-refractivity contribution in [3.8, 4) is 0 Å². The average Bonchev–Trinajstić information content (AvgIpc) is 3.28. The summed E-state index contributed by atoms with van der Waals surface area (Å²) in [5.41, 5.74) is 0. The molecule has 1 saturated carbocycles. The number of unbranched alkanes of at least 4 members (excludes halogenated alkanes) is 21.